The molecule has 1 aromatic heterocycles. The average Bonchev–Trinajstić information content (AvgIpc) is 3.04. The fourth-order valence-electron chi connectivity index (χ4n) is 4.34. The molecule has 146 valence electrons. The Morgan fingerprint density at radius 3 is 2.34 bits per heavy atom. The van der Waals surface area contributed by atoms with Crippen LogP contribution in [0.1, 0.15) is 29.9 Å². The molecule has 0 unspecified atom stereocenters. The summed E-state index contributed by atoms with van der Waals surface area (Å²) in [5.41, 5.74) is 2.36. The van der Waals surface area contributed by atoms with E-state index in [9.17, 15) is 9.59 Å². The molecule has 3 aromatic rings. The Hall–Kier alpha value is -2.76. The lowest BCUT2D eigenvalue weighted by atomic mass is 9.72. The first-order valence-electron chi connectivity index (χ1n) is 9.40. The number of hydrogen-bond acceptors (Lipinski definition) is 3. The molecule has 5 rings (SSSR count). The van der Waals surface area contributed by atoms with Crippen molar-refractivity contribution < 1.29 is 4.79 Å². The molecule has 0 bridgehead atoms. The normalized spacial score (nSPS) is 20.5. The average molecular weight is 426 g/mol. The quantitative estimate of drug-likeness (QED) is 0.613. The highest BCUT2D eigenvalue weighted by Crippen LogP contribution is 2.48. The highest BCUT2D eigenvalue weighted by Gasteiger charge is 2.44. The summed E-state index contributed by atoms with van der Waals surface area (Å²) in [4.78, 5) is 26.4. The molecular formula is C22H17Cl2N3O2. The summed E-state index contributed by atoms with van der Waals surface area (Å²) in [6, 6.07) is 14.5. The van der Waals surface area contributed by atoms with Crippen molar-refractivity contribution in [3.05, 3.63) is 91.8 Å². The van der Waals surface area contributed by atoms with Crippen molar-refractivity contribution in [3.63, 3.8) is 0 Å². The maximum atomic E-state index is 13.5. The summed E-state index contributed by atoms with van der Waals surface area (Å²) in [7, 11) is 0. The highest BCUT2D eigenvalue weighted by molar-refractivity contribution is 6.36. The van der Waals surface area contributed by atoms with Gasteiger partial charge in [0.2, 0.25) is 0 Å². The van der Waals surface area contributed by atoms with Crippen LogP contribution < -0.4 is 10.9 Å². The number of ketones is 1. The predicted octanol–water partition coefficient (Wildman–Crippen LogP) is 4.89. The lowest BCUT2D eigenvalue weighted by Crippen LogP contribution is -2.37. The van der Waals surface area contributed by atoms with Gasteiger partial charge in [-0.05, 0) is 36.2 Å². The number of nitrogens with zero attached hydrogens (tertiary/aromatic N) is 1. The van der Waals surface area contributed by atoms with Crippen LogP contribution in [0, 0.1) is 5.92 Å². The topological polar surface area (TPSA) is 66.9 Å². The van der Waals surface area contributed by atoms with E-state index in [-0.39, 0.29) is 11.3 Å². The molecule has 2 aliphatic rings. The van der Waals surface area contributed by atoms with E-state index in [0.717, 1.165) is 5.70 Å². The Bertz CT molecular complexity index is 1190. The zero-order valence-electron chi connectivity index (χ0n) is 15.3. The van der Waals surface area contributed by atoms with E-state index >= 15 is 0 Å². The molecule has 0 saturated heterocycles. The van der Waals surface area contributed by atoms with Gasteiger partial charge in [-0.25, -0.2) is 4.68 Å². The molecule has 1 aliphatic heterocycles. The molecule has 29 heavy (non-hydrogen) atoms. The van der Waals surface area contributed by atoms with Gasteiger partial charge in [0.25, 0.3) is 5.56 Å². The molecule has 5 nitrogen and oxygen atoms in total. The second-order valence-corrected chi connectivity index (χ2v) is 8.07. The number of aromatic amines is 1. The van der Waals surface area contributed by atoms with Crippen LogP contribution >= 0.6 is 23.2 Å². The van der Waals surface area contributed by atoms with Gasteiger partial charge >= 0.3 is 0 Å². The number of aromatic nitrogens is 2. The largest absolute Gasteiger partial charge is 0.343 e. The molecule has 2 atom stereocenters. The van der Waals surface area contributed by atoms with Gasteiger partial charge in [-0.2, -0.15) is 0 Å². The van der Waals surface area contributed by atoms with Gasteiger partial charge in [0.1, 0.15) is 11.6 Å². The molecule has 0 saturated carbocycles. The first kappa shape index (κ1) is 18.3. The Morgan fingerprint density at radius 2 is 1.62 bits per heavy atom. The van der Waals surface area contributed by atoms with E-state index in [1.165, 1.54) is 4.68 Å². The van der Waals surface area contributed by atoms with Crippen LogP contribution in [0.3, 0.4) is 0 Å². The molecule has 0 amide bonds. The summed E-state index contributed by atoms with van der Waals surface area (Å²) in [5.74, 6) is -0.424. The van der Waals surface area contributed by atoms with Gasteiger partial charge in [0.15, 0.2) is 0 Å². The van der Waals surface area contributed by atoms with Gasteiger partial charge in [-0.15, -0.1) is 0 Å². The molecule has 2 N–H and O–H groups in total. The first-order chi connectivity index (χ1) is 14.1. The highest BCUT2D eigenvalue weighted by atomic mass is 35.5. The van der Waals surface area contributed by atoms with Crippen molar-refractivity contribution in [1.29, 1.82) is 0 Å². The van der Waals surface area contributed by atoms with Crippen molar-refractivity contribution in [2.45, 2.75) is 18.8 Å². The van der Waals surface area contributed by atoms with Crippen molar-refractivity contribution in [2.75, 3.05) is 5.32 Å². The SMILES string of the molecule is O=C1CCC=C2Nc3[nH]n(-c4ccccc4)c(=O)c3[C@@H](c3c(Cl)cccc3Cl)[C@H]12. The van der Waals surface area contributed by atoms with Crippen LogP contribution in [-0.4, -0.2) is 15.6 Å². The maximum absolute atomic E-state index is 13.5. The number of para-hydroxylation sites is 1. The van der Waals surface area contributed by atoms with Crippen LogP contribution in [0.15, 0.2) is 65.1 Å². The number of nitrogens with one attached hydrogen (secondary N) is 2. The van der Waals surface area contributed by atoms with E-state index in [1.807, 2.05) is 36.4 Å². The molecule has 0 radical (unpaired) electrons. The number of carbonyl (C=O) groups excluding carboxylic acids is 1. The number of benzene rings is 2. The monoisotopic (exact) mass is 425 g/mol. The lowest BCUT2D eigenvalue weighted by molar-refractivity contribution is -0.122. The third-order valence-electron chi connectivity index (χ3n) is 5.60. The van der Waals surface area contributed by atoms with E-state index in [4.69, 9.17) is 23.2 Å². The standard InChI is InChI=1S/C22H17Cl2N3O2/c23-13-8-4-9-14(24)17(13)19-18-15(10-5-11-16(18)28)25-21-20(19)22(29)27(26-21)12-6-2-1-3-7-12/h1-4,6-10,18-19,25-26H,5,11H2/t18-,19-/m0/s1. The minimum atomic E-state index is -0.555. The number of carbonyl (C=O) groups is 1. The second kappa shape index (κ2) is 6.94. The third-order valence-corrected chi connectivity index (χ3v) is 6.26. The molecule has 2 aromatic carbocycles. The maximum Gasteiger partial charge on any atom is 0.277 e. The van der Waals surface area contributed by atoms with Crippen LogP contribution in [0.25, 0.3) is 5.69 Å². The number of fused-ring (bicyclic) bond motifs is 2. The van der Waals surface area contributed by atoms with E-state index in [2.05, 4.69) is 10.4 Å². The van der Waals surface area contributed by atoms with Gasteiger partial charge in [0, 0.05) is 28.1 Å². The van der Waals surface area contributed by atoms with Crippen molar-refractivity contribution in [3.8, 4) is 5.69 Å². The Kier molecular flexibility index (Phi) is 4.37. The predicted molar refractivity (Wildman–Crippen MR) is 114 cm³/mol. The number of anilines is 1. The van der Waals surface area contributed by atoms with Crippen LogP contribution in [0.4, 0.5) is 5.82 Å². The third kappa shape index (κ3) is 2.84. The summed E-state index contributed by atoms with van der Waals surface area (Å²) >= 11 is 13.1. The first-order valence-corrected chi connectivity index (χ1v) is 10.2. The van der Waals surface area contributed by atoms with Crippen molar-refractivity contribution >= 4 is 34.8 Å². The second-order valence-electron chi connectivity index (χ2n) is 7.26. The molecule has 0 fully saturated rings. The van der Waals surface area contributed by atoms with Crippen molar-refractivity contribution in [1.82, 2.24) is 9.78 Å². The van der Waals surface area contributed by atoms with E-state index in [0.29, 0.717) is 45.5 Å². The number of rotatable bonds is 2. The smallest absolute Gasteiger partial charge is 0.277 e. The van der Waals surface area contributed by atoms with E-state index in [1.54, 1.807) is 18.2 Å². The summed E-state index contributed by atoms with van der Waals surface area (Å²) in [6.45, 7) is 0. The summed E-state index contributed by atoms with van der Waals surface area (Å²) in [5, 5.41) is 7.32. The number of Topliss-reactive ketones (excluding diaryl/α,β-unsaturated/α-hetero) is 1. The van der Waals surface area contributed by atoms with Gasteiger partial charge in [-0.3, -0.25) is 14.7 Å². The Balaban J connectivity index is 1.80. The molecular weight excluding hydrogens is 409 g/mol. The Morgan fingerprint density at radius 1 is 0.897 bits per heavy atom. The number of H-pyrrole nitrogens is 1. The minimum absolute atomic E-state index is 0.0773. The summed E-state index contributed by atoms with van der Waals surface area (Å²) in [6.07, 6.45) is 3.12. The number of hydrogen-bond donors (Lipinski definition) is 2. The zero-order chi connectivity index (χ0) is 20.1. The number of halogens is 2. The van der Waals surface area contributed by atoms with Crippen LogP contribution in [0.2, 0.25) is 10.0 Å². The van der Waals surface area contributed by atoms with E-state index < -0.39 is 11.8 Å². The van der Waals surface area contributed by atoms with Gasteiger partial charge in [0.05, 0.1) is 17.2 Å². The minimum Gasteiger partial charge on any atom is -0.343 e. The van der Waals surface area contributed by atoms with Crippen LogP contribution in [0.5, 0.6) is 0 Å². The molecule has 7 heteroatoms. The van der Waals surface area contributed by atoms with Gasteiger partial charge < -0.3 is 5.32 Å². The summed E-state index contributed by atoms with van der Waals surface area (Å²) < 4.78 is 1.48. The fraction of sp³-hybridized carbons (Fsp3) is 0.182. The fourth-order valence-corrected chi connectivity index (χ4v) is 4.98. The number of allylic oxidation sites excluding steroid dienone is 2. The van der Waals surface area contributed by atoms with Gasteiger partial charge in [-0.1, -0.05) is 53.5 Å². The zero-order valence-corrected chi connectivity index (χ0v) is 16.8. The van der Waals surface area contributed by atoms with Crippen LogP contribution in [-0.2, 0) is 4.79 Å². The molecule has 1 aliphatic carbocycles. The molecule has 0 spiro atoms. The van der Waals surface area contributed by atoms with Crippen molar-refractivity contribution in [2.24, 2.45) is 5.92 Å². The molecule has 2 heterocycles. The lowest BCUT2D eigenvalue weighted by Gasteiger charge is -2.36. The Labute approximate surface area is 176 Å².